The topological polar surface area (TPSA) is 30.2 Å². The number of hydrogen-bond acceptors (Lipinski definition) is 2. The van der Waals surface area contributed by atoms with Crippen LogP contribution >= 0.6 is 23.2 Å². The number of aromatic nitrogens is 3. The predicted molar refractivity (Wildman–Crippen MR) is 68.4 cm³/mol. The van der Waals surface area contributed by atoms with E-state index in [1.165, 1.54) is 0 Å². The van der Waals surface area contributed by atoms with Crippen LogP contribution < -0.4 is 0 Å². The molecule has 0 atom stereocenters. The zero-order valence-corrected chi connectivity index (χ0v) is 10.2. The molecule has 17 heavy (non-hydrogen) atoms. The Morgan fingerprint density at radius 3 is 2.76 bits per heavy atom. The van der Waals surface area contributed by atoms with E-state index in [0.717, 1.165) is 16.9 Å². The second-order valence-corrected chi connectivity index (χ2v) is 4.42. The molecule has 0 amide bonds. The number of fused-ring (bicyclic) bond motifs is 1. The quantitative estimate of drug-likeness (QED) is 0.670. The highest BCUT2D eigenvalue weighted by Crippen LogP contribution is 2.29. The minimum Gasteiger partial charge on any atom is -0.237 e. The molecule has 0 radical (unpaired) electrons. The monoisotopic (exact) mass is 263 g/mol. The second-order valence-electron chi connectivity index (χ2n) is 3.58. The summed E-state index contributed by atoms with van der Waals surface area (Å²) in [6, 6.07) is 9.06. The van der Waals surface area contributed by atoms with Gasteiger partial charge in [0.1, 0.15) is 0 Å². The van der Waals surface area contributed by atoms with Gasteiger partial charge in [0.15, 0.2) is 5.65 Å². The van der Waals surface area contributed by atoms with Gasteiger partial charge in [0.2, 0.25) is 0 Å². The second kappa shape index (κ2) is 4.02. The van der Waals surface area contributed by atoms with Crippen LogP contribution in [0.2, 0.25) is 10.0 Å². The molecule has 3 aromatic rings. The Hall–Kier alpha value is -1.58. The van der Waals surface area contributed by atoms with Crippen molar-refractivity contribution >= 4 is 28.8 Å². The van der Waals surface area contributed by atoms with Crippen molar-refractivity contribution in [2.24, 2.45) is 0 Å². The summed E-state index contributed by atoms with van der Waals surface area (Å²) in [5.41, 5.74) is 2.42. The molecule has 0 saturated heterocycles. The smallest absolute Gasteiger partial charge is 0.155 e. The maximum Gasteiger partial charge on any atom is 0.155 e. The molecule has 5 heteroatoms. The van der Waals surface area contributed by atoms with Crippen LogP contribution in [0, 0.1) is 0 Å². The zero-order chi connectivity index (χ0) is 11.8. The standard InChI is InChI=1S/C12H7Cl2N3/c13-8-2-3-9(10(14)6-8)11-7-12-15-4-1-5-17(12)16-11/h1-7H. The number of rotatable bonds is 1. The van der Waals surface area contributed by atoms with Gasteiger partial charge in [-0.05, 0) is 24.3 Å². The molecule has 3 nitrogen and oxygen atoms in total. The van der Waals surface area contributed by atoms with Crippen molar-refractivity contribution in [3.05, 3.63) is 52.8 Å². The van der Waals surface area contributed by atoms with Gasteiger partial charge in [-0.25, -0.2) is 9.50 Å². The maximum absolute atomic E-state index is 6.14. The lowest BCUT2D eigenvalue weighted by molar-refractivity contribution is 0.943. The van der Waals surface area contributed by atoms with Gasteiger partial charge in [-0.3, -0.25) is 0 Å². The predicted octanol–water partition coefficient (Wildman–Crippen LogP) is 3.70. The number of nitrogens with zero attached hydrogens (tertiary/aromatic N) is 3. The van der Waals surface area contributed by atoms with Crippen LogP contribution in [0.25, 0.3) is 16.9 Å². The molecule has 0 spiro atoms. The molecule has 0 N–H and O–H groups in total. The molecular formula is C12H7Cl2N3. The summed E-state index contributed by atoms with van der Waals surface area (Å²) >= 11 is 12.0. The largest absolute Gasteiger partial charge is 0.237 e. The highest BCUT2D eigenvalue weighted by Gasteiger charge is 2.08. The Morgan fingerprint density at radius 2 is 2.00 bits per heavy atom. The molecule has 0 aliphatic carbocycles. The first-order chi connectivity index (χ1) is 8.24. The summed E-state index contributed by atoms with van der Waals surface area (Å²) in [6.45, 7) is 0. The average molecular weight is 264 g/mol. The van der Waals surface area contributed by atoms with Crippen LogP contribution in [0.5, 0.6) is 0 Å². The van der Waals surface area contributed by atoms with E-state index in [1.54, 1.807) is 22.8 Å². The van der Waals surface area contributed by atoms with Crippen LogP contribution in [0.15, 0.2) is 42.7 Å². The van der Waals surface area contributed by atoms with Crippen LogP contribution in [0.4, 0.5) is 0 Å². The lowest BCUT2D eigenvalue weighted by Crippen LogP contribution is -1.87. The molecule has 0 aliphatic heterocycles. The van der Waals surface area contributed by atoms with Gasteiger partial charge in [0.25, 0.3) is 0 Å². The SMILES string of the molecule is Clc1ccc(-c2cc3ncccn3n2)c(Cl)c1. The Kier molecular flexibility index (Phi) is 2.50. The van der Waals surface area contributed by atoms with E-state index in [-0.39, 0.29) is 0 Å². The Bertz CT molecular complexity index is 658. The number of benzene rings is 1. The van der Waals surface area contributed by atoms with Gasteiger partial charge in [-0.15, -0.1) is 0 Å². The number of halogens is 2. The Labute approximate surface area is 108 Å². The van der Waals surface area contributed by atoms with Crippen molar-refractivity contribution in [3.8, 4) is 11.3 Å². The van der Waals surface area contributed by atoms with Crippen LogP contribution in [-0.4, -0.2) is 14.6 Å². The van der Waals surface area contributed by atoms with Gasteiger partial charge in [-0.1, -0.05) is 23.2 Å². The summed E-state index contributed by atoms with van der Waals surface area (Å²) in [7, 11) is 0. The van der Waals surface area contributed by atoms with Gasteiger partial charge in [-0.2, -0.15) is 5.10 Å². The fourth-order valence-corrected chi connectivity index (χ4v) is 2.16. The minimum atomic E-state index is 0.584. The van der Waals surface area contributed by atoms with Crippen molar-refractivity contribution in [2.45, 2.75) is 0 Å². The van der Waals surface area contributed by atoms with E-state index in [0.29, 0.717) is 10.0 Å². The molecule has 0 saturated carbocycles. The van der Waals surface area contributed by atoms with Gasteiger partial charge >= 0.3 is 0 Å². The molecule has 1 aromatic carbocycles. The van der Waals surface area contributed by atoms with Crippen molar-refractivity contribution in [2.75, 3.05) is 0 Å². The van der Waals surface area contributed by atoms with Gasteiger partial charge in [0, 0.05) is 29.0 Å². The van der Waals surface area contributed by atoms with E-state index in [2.05, 4.69) is 10.1 Å². The van der Waals surface area contributed by atoms with Crippen molar-refractivity contribution in [3.63, 3.8) is 0 Å². The van der Waals surface area contributed by atoms with Gasteiger partial charge in [0.05, 0.1) is 10.7 Å². The number of hydrogen-bond donors (Lipinski definition) is 0. The summed E-state index contributed by atoms with van der Waals surface area (Å²) in [5.74, 6) is 0. The zero-order valence-electron chi connectivity index (χ0n) is 8.64. The third kappa shape index (κ3) is 1.88. The first-order valence-corrected chi connectivity index (χ1v) is 5.75. The molecule has 3 rings (SSSR count). The fourth-order valence-electron chi connectivity index (χ4n) is 1.66. The minimum absolute atomic E-state index is 0.584. The van der Waals surface area contributed by atoms with Gasteiger partial charge < -0.3 is 0 Å². The lowest BCUT2D eigenvalue weighted by Gasteiger charge is -1.99. The van der Waals surface area contributed by atoms with Crippen molar-refractivity contribution in [1.82, 2.24) is 14.6 Å². The van der Waals surface area contributed by atoms with E-state index in [9.17, 15) is 0 Å². The molecule has 84 valence electrons. The van der Waals surface area contributed by atoms with E-state index in [1.807, 2.05) is 24.4 Å². The van der Waals surface area contributed by atoms with Crippen molar-refractivity contribution in [1.29, 1.82) is 0 Å². The third-order valence-electron chi connectivity index (χ3n) is 2.44. The highest BCUT2D eigenvalue weighted by atomic mass is 35.5. The third-order valence-corrected chi connectivity index (χ3v) is 2.99. The Balaban J connectivity index is 2.20. The summed E-state index contributed by atoms with van der Waals surface area (Å²) in [5, 5.41) is 5.60. The Morgan fingerprint density at radius 1 is 1.12 bits per heavy atom. The first-order valence-electron chi connectivity index (χ1n) is 5.00. The fraction of sp³-hybridized carbons (Fsp3) is 0. The summed E-state index contributed by atoms with van der Waals surface area (Å²) in [6.07, 6.45) is 3.57. The van der Waals surface area contributed by atoms with E-state index in [4.69, 9.17) is 23.2 Å². The lowest BCUT2D eigenvalue weighted by atomic mass is 10.1. The summed E-state index contributed by atoms with van der Waals surface area (Å²) in [4.78, 5) is 4.21. The normalized spacial score (nSPS) is 10.9. The first kappa shape index (κ1) is 10.6. The molecule has 2 aromatic heterocycles. The molecule has 0 fully saturated rings. The maximum atomic E-state index is 6.14. The molecule has 2 heterocycles. The molecule has 0 bridgehead atoms. The van der Waals surface area contributed by atoms with Crippen molar-refractivity contribution < 1.29 is 0 Å². The van der Waals surface area contributed by atoms with Crippen LogP contribution in [0.3, 0.4) is 0 Å². The molecule has 0 unspecified atom stereocenters. The van der Waals surface area contributed by atoms with Crippen LogP contribution in [-0.2, 0) is 0 Å². The van der Waals surface area contributed by atoms with E-state index >= 15 is 0 Å². The average Bonchev–Trinajstić information content (AvgIpc) is 2.72. The summed E-state index contributed by atoms with van der Waals surface area (Å²) < 4.78 is 1.71. The van der Waals surface area contributed by atoms with E-state index < -0.39 is 0 Å². The highest BCUT2D eigenvalue weighted by molar-refractivity contribution is 6.36. The van der Waals surface area contributed by atoms with Crippen LogP contribution in [0.1, 0.15) is 0 Å². The molecular weight excluding hydrogens is 257 g/mol. The molecule has 0 aliphatic rings.